The van der Waals surface area contributed by atoms with Crippen LogP contribution in [0.4, 0.5) is 10.1 Å². The van der Waals surface area contributed by atoms with Gasteiger partial charge in [-0.2, -0.15) is 0 Å². The lowest BCUT2D eigenvalue weighted by Gasteiger charge is -2.29. The second-order valence-corrected chi connectivity index (χ2v) is 9.71. The van der Waals surface area contributed by atoms with Crippen LogP contribution in [0.25, 0.3) is 0 Å². The smallest absolute Gasteiger partial charge is 0.264 e. The molecular formula is C23H20ClFN2O3S. The maximum atomic E-state index is 13.2. The van der Waals surface area contributed by atoms with Gasteiger partial charge >= 0.3 is 0 Å². The molecule has 0 aromatic heterocycles. The quantitative estimate of drug-likeness (QED) is 0.578. The number of sulfonamides is 1. The summed E-state index contributed by atoms with van der Waals surface area (Å²) in [4.78, 5) is 14.8. The third kappa shape index (κ3) is 4.16. The molecule has 0 atom stereocenters. The van der Waals surface area contributed by atoms with Crippen LogP contribution in [0, 0.1) is 5.82 Å². The van der Waals surface area contributed by atoms with Crippen LogP contribution < -0.4 is 4.31 Å². The van der Waals surface area contributed by atoms with Crippen LogP contribution in [-0.4, -0.2) is 32.8 Å². The number of amides is 1. The Morgan fingerprint density at radius 3 is 2.42 bits per heavy atom. The van der Waals surface area contributed by atoms with Crippen LogP contribution >= 0.6 is 11.6 Å². The standard InChI is InChI=1S/C23H20ClFN2O3S/c1-26(19-8-6-18(25)7-9-19)31(29,30)20-10-11-22(24)21(14-20)23(28)27-13-12-16-4-2-3-5-17(16)15-27/h2-11,14H,12-13,15H2,1H3. The fraction of sp³-hybridized carbons (Fsp3) is 0.174. The zero-order chi connectivity index (χ0) is 22.2. The van der Waals surface area contributed by atoms with Gasteiger partial charge in [0.25, 0.3) is 15.9 Å². The van der Waals surface area contributed by atoms with Gasteiger partial charge in [0.15, 0.2) is 0 Å². The van der Waals surface area contributed by atoms with Gasteiger partial charge < -0.3 is 4.90 Å². The summed E-state index contributed by atoms with van der Waals surface area (Å²) in [7, 11) is -2.60. The van der Waals surface area contributed by atoms with Crippen molar-refractivity contribution in [3.8, 4) is 0 Å². The Bertz CT molecular complexity index is 1250. The largest absolute Gasteiger partial charge is 0.334 e. The van der Waals surface area contributed by atoms with Gasteiger partial charge in [-0.1, -0.05) is 35.9 Å². The highest BCUT2D eigenvalue weighted by molar-refractivity contribution is 7.92. The zero-order valence-electron chi connectivity index (χ0n) is 16.8. The van der Waals surface area contributed by atoms with Gasteiger partial charge in [-0.25, -0.2) is 12.8 Å². The van der Waals surface area contributed by atoms with Crippen LogP contribution in [0.3, 0.4) is 0 Å². The predicted molar refractivity (Wildman–Crippen MR) is 118 cm³/mol. The summed E-state index contributed by atoms with van der Waals surface area (Å²) in [5, 5.41) is 0.187. The highest BCUT2D eigenvalue weighted by Gasteiger charge is 2.27. The number of carbonyl (C=O) groups is 1. The van der Waals surface area contributed by atoms with Crippen molar-refractivity contribution in [3.63, 3.8) is 0 Å². The van der Waals surface area contributed by atoms with Gasteiger partial charge in [-0.05, 0) is 60.0 Å². The van der Waals surface area contributed by atoms with Crippen molar-refractivity contribution in [1.82, 2.24) is 4.90 Å². The zero-order valence-corrected chi connectivity index (χ0v) is 18.3. The molecule has 0 aliphatic carbocycles. The molecule has 5 nitrogen and oxygen atoms in total. The van der Waals surface area contributed by atoms with E-state index in [0.717, 1.165) is 16.3 Å². The van der Waals surface area contributed by atoms with Gasteiger partial charge in [0.05, 0.1) is 21.2 Å². The van der Waals surface area contributed by atoms with Crippen LogP contribution in [0.2, 0.25) is 5.02 Å². The molecule has 1 aliphatic rings. The minimum Gasteiger partial charge on any atom is -0.334 e. The van der Waals surface area contributed by atoms with Gasteiger partial charge in [-0.3, -0.25) is 9.10 Å². The molecule has 3 aromatic carbocycles. The molecule has 0 spiro atoms. The van der Waals surface area contributed by atoms with E-state index in [4.69, 9.17) is 11.6 Å². The number of nitrogens with zero attached hydrogens (tertiary/aromatic N) is 2. The van der Waals surface area contributed by atoms with Crippen molar-refractivity contribution in [1.29, 1.82) is 0 Å². The molecular weight excluding hydrogens is 439 g/mol. The van der Waals surface area contributed by atoms with Crippen LogP contribution in [-0.2, 0) is 23.0 Å². The predicted octanol–water partition coefficient (Wildman–Crippen LogP) is 4.50. The first-order valence-corrected chi connectivity index (χ1v) is 11.5. The summed E-state index contributed by atoms with van der Waals surface area (Å²) in [6.07, 6.45) is 0.727. The maximum absolute atomic E-state index is 13.2. The number of rotatable bonds is 4. The number of hydrogen-bond acceptors (Lipinski definition) is 3. The number of fused-ring (bicyclic) bond motifs is 1. The van der Waals surface area contributed by atoms with Crippen molar-refractivity contribution >= 4 is 33.2 Å². The summed E-state index contributed by atoms with van der Waals surface area (Å²) < 4.78 is 40.5. The number of anilines is 1. The van der Waals surface area contributed by atoms with E-state index in [2.05, 4.69) is 0 Å². The molecule has 4 rings (SSSR count). The topological polar surface area (TPSA) is 57.7 Å². The molecule has 0 unspecified atom stereocenters. The molecule has 0 bridgehead atoms. The van der Waals surface area contributed by atoms with Crippen molar-refractivity contribution in [2.75, 3.05) is 17.9 Å². The molecule has 1 aliphatic heterocycles. The monoisotopic (exact) mass is 458 g/mol. The summed E-state index contributed by atoms with van der Waals surface area (Å²) >= 11 is 6.28. The number of hydrogen-bond donors (Lipinski definition) is 0. The Morgan fingerprint density at radius 1 is 1.03 bits per heavy atom. The first kappa shape index (κ1) is 21.3. The summed E-state index contributed by atoms with van der Waals surface area (Å²) in [5.74, 6) is -0.780. The van der Waals surface area contributed by atoms with E-state index in [1.807, 2.05) is 24.3 Å². The van der Waals surface area contributed by atoms with Crippen LogP contribution in [0.15, 0.2) is 71.6 Å². The number of benzene rings is 3. The molecule has 0 saturated heterocycles. The normalized spacial score (nSPS) is 13.6. The second-order valence-electron chi connectivity index (χ2n) is 7.34. The average Bonchev–Trinajstić information content (AvgIpc) is 2.78. The Labute approximate surface area is 185 Å². The summed E-state index contributed by atoms with van der Waals surface area (Å²) in [5.41, 5.74) is 2.71. The maximum Gasteiger partial charge on any atom is 0.264 e. The molecule has 0 fully saturated rings. The second kappa shape index (κ2) is 8.32. The van der Waals surface area contributed by atoms with E-state index in [9.17, 15) is 17.6 Å². The van der Waals surface area contributed by atoms with E-state index < -0.39 is 15.8 Å². The lowest BCUT2D eigenvalue weighted by Crippen LogP contribution is -2.36. The Balaban J connectivity index is 1.64. The molecule has 31 heavy (non-hydrogen) atoms. The lowest BCUT2D eigenvalue weighted by molar-refractivity contribution is 0.0734. The summed E-state index contributed by atoms with van der Waals surface area (Å²) in [6.45, 7) is 0.969. The van der Waals surface area contributed by atoms with E-state index in [1.54, 1.807) is 4.90 Å². The SMILES string of the molecule is CN(c1ccc(F)cc1)S(=O)(=O)c1ccc(Cl)c(C(=O)N2CCc3ccccc3C2)c1. The minimum absolute atomic E-state index is 0.0653. The molecule has 0 radical (unpaired) electrons. The Hall–Kier alpha value is -2.90. The fourth-order valence-electron chi connectivity index (χ4n) is 3.62. The fourth-order valence-corrected chi connectivity index (χ4v) is 5.04. The van der Waals surface area contributed by atoms with Gasteiger partial charge in [-0.15, -0.1) is 0 Å². The average molecular weight is 459 g/mol. The van der Waals surface area contributed by atoms with E-state index >= 15 is 0 Å². The first-order valence-electron chi connectivity index (χ1n) is 9.67. The third-order valence-corrected chi connectivity index (χ3v) is 7.55. The van der Waals surface area contributed by atoms with Crippen molar-refractivity contribution in [2.24, 2.45) is 0 Å². The molecule has 8 heteroatoms. The van der Waals surface area contributed by atoms with Crippen LogP contribution in [0.1, 0.15) is 21.5 Å². The summed E-state index contributed by atoms with van der Waals surface area (Å²) in [6, 6.07) is 17.1. The Kier molecular flexibility index (Phi) is 5.73. The van der Waals surface area contributed by atoms with Crippen LogP contribution in [0.5, 0.6) is 0 Å². The number of carbonyl (C=O) groups excluding carboxylic acids is 1. The minimum atomic E-state index is -3.98. The van der Waals surface area contributed by atoms with Gasteiger partial charge in [0, 0.05) is 20.1 Å². The molecule has 0 saturated carbocycles. The molecule has 0 N–H and O–H groups in total. The van der Waals surface area contributed by atoms with Crippen molar-refractivity contribution in [2.45, 2.75) is 17.9 Å². The number of halogens is 2. The van der Waals surface area contributed by atoms with Gasteiger partial charge in [0.2, 0.25) is 0 Å². The third-order valence-electron chi connectivity index (χ3n) is 5.43. The highest BCUT2D eigenvalue weighted by atomic mass is 35.5. The first-order chi connectivity index (χ1) is 14.8. The molecule has 3 aromatic rings. The lowest BCUT2D eigenvalue weighted by atomic mass is 9.99. The van der Waals surface area contributed by atoms with Crippen molar-refractivity contribution in [3.05, 3.63) is 94.3 Å². The van der Waals surface area contributed by atoms with Gasteiger partial charge in [0.1, 0.15) is 5.82 Å². The van der Waals surface area contributed by atoms with E-state index in [0.29, 0.717) is 18.8 Å². The molecule has 1 amide bonds. The molecule has 1 heterocycles. The molecule has 160 valence electrons. The van der Waals surface area contributed by atoms with E-state index in [-0.39, 0.29) is 21.4 Å². The Morgan fingerprint density at radius 2 is 1.71 bits per heavy atom. The van der Waals surface area contributed by atoms with Crippen molar-refractivity contribution < 1.29 is 17.6 Å². The highest BCUT2D eigenvalue weighted by Crippen LogP contribution is 2.28. The van der Waals surface area contributed by atoms with E-state index in [1.165, 1.54) is 55.1 Å².